The number of hydrogen-bond donors (Lipinski definition) is 3. The largest absolute Gasteiger partial charge is 0.481 e. The van der Waals surface area contributed by atoms with Gasteiger partial charge in [0.1, 0.15) is 0 Å². The van der Waals surface area contributed by atoms with E-state index in [2.05, 4.69) is 21.4 Å². The van der Waals surface area contributed by atoms with Gasteiger partial charge >= 0.3 is 5.97 Å². The lowest BCUT2D eigenvalue weighted by molar-refractivity contribution is -0.142. The molecular formula is C21H25N3O3. The van der Waals surface area contributed by atoms with Gasteiger partial charge in [-0.15, -0.1) is 0 Å². The number of imidazole rings is 1. The lowest BCUT2D eigenvalue weighted by Gasteiger charge is -2.23. The van der Waals surface area contributed by atoms with E-state index in [4.69, 9.17) is 0 Å². The summed E-state index contributed by atoms with van der Waals surface area (Å²) in [6, 6.07) is 5.46. The third-order valence-electron chi connectivity index (χ3n) is 5.08. The second kappa shape index (κ2) is 7.39. The van der Waals surface area contributed by atoms with Crippen molar-refractivity contribution in [1.29, 1.82) is 0 Å². The first kappa shape index (κ1) is 18.9. The van der Waals surface area contributed by atoms with Crippen molar-refractivity contribution < 1.29 is 14.7 Å². The number of amides is 1. The van der Waals surface area contributed by atoms with E-state index in [0.29, 0.717) is 11.3 Å². The third kappa shape index (κ3) is 3.94. The predicted molar refractivity (Wildman–Crippen MR) is 105 cm³/mol. The lowest BCUT2D eigenvalue weighted by atomic mass is 9.82. The summed E-state index contributed by atoms with van der Waals surface area (Å²) in [5.74, 6) is -0.939. The number of rotatable bonds is 5. The highest BCUT2D eigenvalue weighted by Gasteiger charge is 2.30. The summed E-state index contributed by atoms with van der Waals surface area (Å²) in [4.78, 5) is 31.2. The molecule has 3 rings (SSSR count). The smallest absolute Gasteiger partial charge is 0.313 e. The van der Waals surface area contributed by atoms with Crippen molar-refractivity contribution in [2.75, 3.05) is 5.32 Å². The van der Waals surface area contributed by atoms with E-state index >= 15 is 0 Å². The summed E-state index contributed by atoms with van der Waals surface area (Å²) in [5.41, 5.74) is 3.16. The number of aromatic amines is 1. The molecule has 6 heteroatoms. The number of aryl methyl sites for hydroxylation is 1. The number of anilines is 1. The van der Waals surface area contributed by atoms with Gasteiger partial charge in [-0.1, -0.05) is 12.1 Å². The summed E-state index contributed by atoms with van der Waals surface area (Å²) in [7, 11) is 0. The number of carbonyl (C=O) groups is 2. The van der Waals surface area contributed by atoms with E-state index in [1.165, 1.54) is 0 Å². The molecular weight excluding hydrogens is 342 g/mol. The van der Waals surface area contributed by atoms with Crippen LogP contribution in [0.5, 0.6) is 0 Å². The maximum atomic E-state index is 12.5. The number of benzene rings is 1. The standard InChI is InChI=1S/C21H25N3O3/c1-13-12-22-18(23-13)19(25)24-17-10-9-15(21(2,3)20(26)27)11-16(17)14-7-5-4-6-8-14/h7,9-12H,4-6,8H2,1-3H3,(H,22,23)(H,24,25)(H,26,27). The van der Waals surface area contributed by atoms with Crippen LogP contribution in [0.1, 0.15) is 67.0 Å². The molecule has 27 heavy (non-hydrogen) atoms. The molecule has 1 aromatic carbocycles. The number of nitrogens with one attached hydrogen (secondary N) is 2. The monoisotopic (exact) mass is 367 g/mol. The summed E-state index contributed by atoms with van der Waals surface area (Å²) in [5, 5.41) is 12.5. The van der Waals surface area contributed by atoms with Crippen molar-refractivity contribution >= 4 is 23.1 Å². The van der Waals surface area contributed by atoms with Crippen molar-refractivity contribution in [1.82, 2.24) is 9.97 Å². The first-order valence-corrected chi connectivity index (χ1v) is 9.19. The van der Waals surface area contributed by atoms with Crippen LogP contribution in [0.2, 0.25) is 0 Å². The van der Waals surface area contributed by atoms with Crippen LogP contribution in [-0.2, 0) is 10.2 Å². The first-order chi connectivity index (χ1) is 12.8. The normalized spacial score (nSPS) is 14.6. The van der Waals surface area contributed by atoms with Crippen molar-refractivity contribution in [3.05, 3.63) is 53.1 Å². The van der Waals surface area contributed by atoms with Crippen LogP contribution in [0, 0.1) is 6.92 Å². The summed E-state index contributed by atoms with van der Waals surface area (Å²) >= 11 is 0. The van der Waals surface area contributed by atoms with E-state index in [1.54, 1.807) is 32.2 Å². The molecule has 0 saturated heterocycles. The van der Waals surface area contributed by atoms with Gasteiger partial charge in [-0.05, 0) is 69.7 Å². The quantitative estimate of drug-likeness (QED) is 0.734. The predicted octanol–water partition coefficient (Wildman–Crippen LogP) is 4.29. The highest BCUT2D eigenvalue weighted by atomic mass is 16.4. The highest BCUT2D eigenvalue weighted by Crippen LogP contribution is 2.35. The Bertz CT molecular complexity index is 909. The van der Waals surface area contributed by atoms with Crippen LogP contribution in [0.4, 0.5) is 5.69 Å². The average molecular weight is 367 g/mol. The minimum Gasteiger partial charge on any atom is -0.481 e. The van der Waals surface area contributed by atoms with Crippen LogP contribution in [0.3, 0.4) is 0 Å². The second-order valence-corrected chi connectivity index (χ2v) is 7.51. The maximum Gasteiger partial charge on any atom is 0.313 e. The molecule has 1 aliphatic rings. The SMILES string of the molecule is Cc1c[nH]c(C(=O)Nc2ccc(C(C)(C)C(=O)O)cc2C2=CCCCC2)n1. The van der Waals surface area contributed by atoms with Crippen molar-refractivity contribution in [3.63, 3.8) is 0 Å². The van der Waals surface area contributed by atoms with Gasteiger partial charge in [0.25, 0.3) is 5.91 Å². The van der Waals surface area contributed by atoms with Crippen molar-refractivity contribution in [2.24, 2.45) is 0 Å². The van der Waals surface area contributed by atoms with E-state index < -0.39 is 11.4 Å². The van der Waals surface area contributed by atoms with Gasteiger partial charge in [0.05, 0.1) is 11.1 Å². The number of carboxylic acids is 1. The van der Waals surface area contributed by atoms with Crippen molar-refractivity contribution in [3.8, 4) is 0 Å². The van der Waals surface area contributed by atoms with Crippen LogP contribution >= 0.6 is 0 Å². The number of nitrogens with zero attached hydrogens (tertiary/aromatic N) is 1. The fourth-order valence-electron chi connectivity index (χ4n) is 3.23. The fourth-order valence-corrected chi connectivity index (χ4v) is 3.23. The summed E-state index contributed by atoms with van der Waals surface area (Å²) in [6.45, 7) is 5.19. The number of H-pyrrole nitrogens is 1. The molecule has 6 nitrogen and oxygen atoms in total. The van der Waals surface area contributed by atoms with Gasteiger partial charge in [-0.2, -0.15) is 0 Å². The molecule has 1 heterocycles. The molecule has 142 valence electrons. The number of hydrogen-bond acceptors (Lipinski definition) is 3. The third-order valence-corrected chi connectivity index (χ3v) is 5.08. The minimum atomic E-state index is -1.01. The Kier molecular flexibility index (Phi) is 5.17. The van der Waals surface area contributed by atoms with Crippen LogP contribution in [-0.4, -0.2) is 27.0 Å². The topological polar surface area (TPSA) is 95.1 Å². The van der Waals surface area contributed by atoms with E-state index in [0.717, 1.165) is 42.5 Å². The minimum absolute atomic E-state index is 0.256. The molecule has 0 saturated carbocycles. The summed E-state index contributed by atoms with van der Waals surface area (Å²) < 4.78 is 0. The van der Waals surface area contributed by atoms with Gasteiger partial charge in [-0.3, -0.25) is 9.59 Å². The van der Waals surface area contributed by atoms with Gasteiger partial charge in [0, 0.05) is 17.4 Å². The molecule has 3 N–H and O–H groups in total. The number of allylic oxidation sites excluding steroid dienone is 2. The molecule has 2 aromatic rings. The first-order valence-electron chi connectivity index (χ1n) is 9.19. The molecule has 0 bridgehead atoms. The number of aliphatic carboxylic acids is 1. The number of carboxylic acid groups (broad SMARTS) is 1. The maximum absolute atomic E-state index is 12.5. The van der Waals surface area contributed by atoms with E-state index in [1.807, 2.05) is 13.0 Å². The van der Waals surface area contributed by atoms with E-state index in [-0.39, 0.29) is 11.7 Å². The van der Waals surface area contributed by atoms with E-state index in [9.17, 15) is 14.7 Å². The Balaban J connectivity index is 2.00. The van der Waals surface area contributed by atoms with Gasteiger partial charge in [0.15, 0.2) is 5.82 Å². The molecule has 0 fully saturated rings. The molecule has 0 spiro atoms. The number of aromatic nitrogens is 2. The molecule has 1 aliphatic carbocycles. The molecule has 0 atom stereocenters. The van der Waals surface area contributed by atoms with Gasteiger partial charge < -0.3 is 15.4 Å². The van der Waals surface area contributed by atoms with Crippen molar-refractivity contribution in [2.45, 2.75) is 51.9 Å². The molecule has 0 radical (unpaired) electrons. The molecule has 0 unspecified atom stereocenters. The van der Waals surface area contributed by atoms with Crippen LogP contribution < -0.4 is 5.32 Å². The average Bonchev–Trinajstić information content (AvgIpc) is 3.09. The van der Waals surface area contributed by atoms with Crippen LogP contribution in [0.15, 0.2) is 30.5 Å². The highest BCUT2D eigenvalue weighted by molar-refractivity contribution is 6.03. The Morgan fingerprint density at radius 1 is 1.26 bits per heavy atom. The Morgan fingerprint density at radius 3 is 2.63 bits per heavy atom. The van der Waals surface area contributed by atoms with Crippen LogP contribution in [0.25, 0.3) is 5.57 Å². The second-order valence-electron chi connectivity index (χ2n) is 7.51. The Labute approximate surface area is 158 Å². The fraction of sp³-hybridized carbons (Fsp3) is 0.381. The molecule has 1 aromatic heterocycles. The number of carbonyl (C=O) groups excluding carboxylic acids is 1. The van der Waals surface area contributed by atoms with Gasteiger partial charge in [0.2, 0.25) is 0 Å². The summed E-state index contributed by atoms with van der Waals surface area (Å²) in [6.07, 6.45) is 8.01. The molecule has 0 aliphatic heterocycles. The zero-order valence-corrected chi connectivity index (χ0v) is 15.9. The lowest BCUT2D eigenvalue weighted by Crippen LogP contribution is -2.28. The zero-order chi connectivity index (χ0) is 19.6. The Morgan fingerprint density at radius 2 is 2.04 bits per heavy atom. The molecule has 1 amide bonds. The zero-order valence-electron chi connectivity index (χ0n) is 15.9. The Hall–Kier alpha value is -2.89. The van der Waals surface area contributed by atoms with Gasteiger partial charge in [-0.25, -0.2) is 4.98 Å².